The molecule has 0 spiro atoms. The molecule has 0 aliphatic carbocycles. The lowest BCUT2D eigenvalue weighted by Crippen LogP contribution is -2.35. The molecule has 1 heterocycles. The predicted octanol–water partition coefficient (Wildman–Crippen LogP) is 1.95. The number of aromatic nitrogens is 1. The summed E-state index contributed by atoms with van der Waals surface area (Å²) in [5, 5.41) is 3.19. The Kier molecular flexibility index (Phi) is 4.87. The van der Waals surface area contributed by atoms with Crippen molar-refractivity contribution in [1.82, 2.24) is 10.3 Å². The molecule has 0 radical (unpaired) electrons. The average Bonchev–Trinajstić information content (AvgIpc) is 2.28. The molecular weight excluding hydrogens is 248 g/mol. The fraction of sp³-hybridized carbons (Fsp3) is 0.615. The summed E-state index contributed by atoms with van der Waals surface area (Å²) in [7, 11) is -3.06. The third kappa shape index (κ3) is 4.07. The third-order valence-corrected chi connectivity index (χ3v) is 5.49. The summed E-state index contributed by atoms with van der Waals surface area (Å²) in [5.41, 5.74) is 0.922. The van der Waals surface area contributed by atoms with Crippen molar-refractivity contribution in [3.05, 3.63) is 30.1 Å². The summed E-state index contributed by atoms with van der Waals surface area (Å²) in [6.45, 7) is 7.60. The van der Waals surface area contributed by atoms with Crippen LogP contribution in [-0.2, 0) is 9.84 Å². The van der Waals surface area contributed by atoms with E-state index < -0.39 is 14.6 Å². The fourth-order valence-electron chi connectivity index (χ4n) is 1.45. The van der Waals surface area contributed by atoms with Crippen LogP contribution in [0.5, 0.6) is 0 Å². The first-order chi connectivity index (χ1) is 8.24. The van der Waals surface area contributed by atoms with Crippen LogP contribution in [0.3, 0.4) is 0 Å². The van der Waals surface area contributed by atoms with Crippen LogP contribution in [0.25, 0.3) is 0 Å². The number of nitrogens with zero attached hydrogens (tertiary/aromatic N) is 1. The van der Waals surface area contributed by atoms with E-state index in [1.807, 2.05) is 25.1 Å². The van der Waals surface area contributed by atoms with Gasteiger partial charge < -0.3 is 5.32 Å². The maximum atomic E-state index is 11.9. The molecule has 1 unspecified atom stereocenters. The Morgan fingerprint density at radius 3 is 2.50 bits per heavy atom. The Hall–Kier alpha value is -0.940. The van der Waals surface area contributed by atoms with Gasteiger partial charge in [0.05, 0.1) is 16.2 Å². The smallest absolute Gasteiger partial charge is 0.156 e. The molecule has 1 rings (SSSR count). The Morgan fingerprint density at radius 2 is 2.00 bits per heavy atom. The molecule has 1 N–H and O–H groups in total. The van der Waals surface area contributed by atoms with E-state index in [4.69, 9.17) is 0 Å². The van der Waals surface area contributed by atoms with Crippen molar-refractivity contribution in [2.75, 3.05) is 12.3 Å². The standard InChI is InChI=1S/C13H22N2O2S/c1-11(12-7-5-6-8-15-12)14-9-10-18(16,17)13(2,3)4/h5-8,11,14H,9-10H2,1-4H3. The highest BCUT2D eigenvalue weighted by Gasteiger charge is 2.28. The van der Waals surface area contributed by atoms with Crippen molar-refractivity contribution >= 4 is 9.84 Å². The predicted molar refractivity (Wildman–Crippen MR) is 74.2 cm³/mol. The van der Waals surface area contributed by atoms with Crippen LogP contribution >= 0.6 is 0 Å². The second-order valence-corrected chi connectivity index (χ2v) is 8.22. The molecule has 0 bridgehead atoms. The van der Waals surface area contributed by atoms with Gasteiger partial charge in [-0.1, -0.05) is 6.07 Å². The second-order valence-electron chi connectivity index (χ2n) is 5.36. The first-order valence-corrected chi connectivity index (χ1v) is 7.76. The first kappa shape index (κ1) is 15.1. The fourth-order valence-corrected chi connectivity index (χ4v) is 2.45. The first-order valence-electron chi connectivity index (χ1n) is 6.10. The minimum atomic E-state index is -3.06. The summed E-state index contributed by atoms with van der Waals surface area (Å²) in [6, 6.07) is 5.77. The Morgan fingerprint density at radius 1 is 1.33 bits per heavy atom. The van der Waals surface area contributed by atoms with Crippen LogP contribution in [-0.4, -0.2) is 30.4 Å². The van der Waals surface area contributed by atoms with E-state index >= 15 is 0 Å². The van der Waals surface area contributed by atoms with Crippen LogP contribution in [0.1, 0.15) is 39.4 Å². The SMILES string of the molecule is CC(NCCS(=O)(=O)C(C)(C)C)c1ccccn1. The number of hydrogen-bond donors (Lipinski definition) is 1. The average molecular weight is 270 g/mol. The lowest BCUT2D eigenvalue weighted by molar-refractivity contribution is 0.543. The number of rotatable bonds is 5. The van der Waals surface area contributed by atoms with Crippen molar-refractivity contribution in [3.63, 3.8) is 0 Å². The Bertz CT molecular complexity index is 464. The van der Waals surface area contributed by atoms with Crippen molar-refractivity contribution < 1.29 is 8.42 Å². The van der Waals surface area contributed by atoms with Gasteiger partial charge in [-0.15, -0.1) is 0 Å². The molecule has 0 amide bonds. The zero-order chi connectivity index (χ0) is 13.8. The van der Waals surface area contributed by atoms with Gasteiger partial charge in [0.25, 0.3) is 0 Å². The van der Waals surface area contributed by atoms with E-state index in [-0.39, 0.29) is 11.8 Å². The molecule has 0 aliphatic rings. The third-order valence-electron chi connectivity index (χ3n) is 2.89. The molecule has 1 atom stereocenters. The van der Waals surface area contributed by atoms with Crippen LogP contribution < -0.4 is 5.32 Å². The van der Waals surface area contributed by atoms with Gasteiger partial charge in [0.2, 0.25) is 0 Å². The van der Waals surface area contributed by atoms with Gasteiger partial charge in [-0.25, -0.2) is 8.42 Å². The molecule has 0 aromatic carbocycles. The summed E-state index contributed by atoms with van der Waals surface area (Å²) in [6.07, 6.45) is 1.74. The van der Waals surface area contributed by atoms with Crippen LogP contribution in [0.2, 0.25) is 0 Å². The van der Waals surface area contributed by atoms with E-state index in [0.29, 0.717) is 6.54 Å². The molecule has 0 aliphatic heterocycles. The van der Waals surface area contributed by atoms with Gasteiger partial charge in [-0.2, -0.15) is 0 Å². The quantitative estimate of drug-likeness (QED) is 0.888. The van der Waals surface area contributed by atoms with E-state index in [0.717, 1.165) is 5.69 Å². The summed E-state index contributed by atoms with van der Waals surface area (Å²) >= 11 is 0. The molecule has 0 saturated carbocycles. The van der Waals surface area contributed by atoms with Gasteiger partial charge >= 0.3 is 0 Å². The minimum absolute atomic E-state index is 0.0568. The summed E-state index contributed by atoms with van der Waals surface area (Å²) in [5.74, 6) is 0.147. The molecule has 1 aromatic heterocycles. The van der Waals surface area contributed by atoms with Crippen LogP contribution in [0, 0.1) is 0 Å². The van der Waals surface area contributed by atoms with E-state index in [2.05, 4.69) is 10.3 Å². The van der Waals surface area contributed by atoms with Gasteiger partial charge in [-0.05, 0) is 39.8 Å². The van der Waals surface area contributed by atoms with Gasteiger partial charge in [0.15, 0.2) is 9.84 Å². The number of nitrogens with one attached hydrogen (secondary N) is 1. The van der Waals surface area contributed by atoms with E-state index in [1.165, 1.54) is 0 Å². The second kappa shape index (κ2) is 5.80. The van der Waals surface area contributed by atoms with Gasteiger partial charge in [0.1, 0.15) is 0 Å². The van der Waals surface area contributed by atoms with Crippen LogP contribution in [0.4, 0.5) is 0 Å². The van der Waals surface area contributed by atoms with Crippen LogP contribution in [0.15, 0.2) is 24.4 Å². The topological polar surface area (TPSA) is 59.1 Å². The number of hydrogen-bond acceptors (Lipinski definition) is 4. The zero-order valence-corrected chi connectivity index (χ0v) is 12.3. The maximum Gasteiger partial charge on any atom is 0.156 e. The maximum absolute atomic E-state index is 11.9. The molecular formula is C13H22N2O2S. The Balaban J connectivity index is 2.49. The summed E-state index contributed by atoms with van der Waals surface area (Å²) < 4.78 is 23.1. The number of sulfone groups is 1. The Labute approximate surface area is 110 Å². The van der Waals surface area contributed by atoms with E-state index in [1.54, 1.807) is 27.0 Å². The zero-order valence-electron chi connectivity index (χ0n) is 11.5. The molecule has 102 valence electrons. The normalized spacial score (nSPS) is 14.4. The molecule has 18 heavy (non-hydrogen) atoms. The number of pyridine rings is 1. The lowest BCUT2D eigenvalue weighted by atomic mass is 10.2. The lowest BCUT2D eigenvalue weighted by Gasteiger charge is -2.20. The van der Waals surface area contributed by atoms with Crippen molar-refractivity contribution in [3.8, 4) is 0 Å². The highest BCUT2D eigenvalue weighted by molar-refractivity contribution is 7.92. The molecule has 5 heteroatoms. The monoisotopic (exact) mass is 270 g/mol. The molecule has 0 saturated heterocycles. The molecule has 4 nitrogen and oxygen atoms in total. The van der Waals surface area contributed by atoms with Crippen molar-refractivity contribution in [1.29, 1.82) is 0 Å². The summed E-state index contributed by atoms with van der Waals surface area (Å²) in [4.78, 5) is 4.23. The van der Waals surface area contributed by atoms with E-state index in [9.17, 15) is 8.42 Å². The largest absolute Gasteiger partial charge is 0.308 e. The van der Waals surface area contributed by atoms with Crippen molar-refractivity contribution in [2.45, 2.75) is 38.5 Å². The van der Waals surface area contributed by atoms with Gasteiger partial charge in [-0.3, -0.25) is 4.98 Å². The van der Waals surface area contributed by atoms with Crippen molar-refractivity contribution in [2.24, 2.45) is 0 Å². The molecule has 0 fully saturated rings. The van der Waals surface area contributed by atoms with Gasteiger partial charge in [0, 0.05) is 18.8 Å². The highest BCUT2D eigenvalue weighted by Crippen LogP contribution is 2.15. The highest BCUT2D eigenvalue weighted by atomic mass is 32.2. The minimum Gasteiger partial charge on any atom is -0.308 e. The molecule has 1 aromatic rings.